The molecule has 0 radical (unpaired) electrons. The van der Waals surface area contributed by atoms with E-state index in [1.807, 2.05) is 0 Å². The van der Waals surface area contributed by atoms with Gasteiger partial charge in [0.2, 0.25) is 0 Å². The zero-order valence-electron chi connectivity index (χ0n) is 7.50. The van der Waals surface area contributed by atoms with Crippen LogP contribution in [0.25, 0.3) is 0 Å². The lowest BCUT2D eigenvalue weighted by Gasteiger charge is -2.00. The molecule has 0 amide bonds. The largest absolute Gasteiger partial charge is 0.465 e. The molecule has 0 fully saturated rings. The fourth-order valence-electron chi connectivity index (χ4n) is 0.880. The first-order valence-corrected chi connectivity index (χ1v) is 3.75. The maximum absolute atomic E-state index is 11.1. The highest BCUT2D eigenvalue weighted by Gasteiger charge is 2.06. The average Bonchev–Trinajstić information content (AvgIpc) is 2.17. The highest BCUT2D eigenvalue weighted by Crippen LogP contribution is 2.03. The van der Waals surface area contributed by atoms with Crippen molar-refractivity contribution in [3.63, 3.8) is 0 Å². The van der Waals surface area contributed by atoms with E-state index in [1.54, 1.807) is 13.0 Å². The Balaban J connectivity index is 3.05. The molecule has 4 nitrogen and oxygen atoms in total. The van der Waals surface area contributed by atoms with Crippen molar-refractivity contribution in [3.8, 4) is 0 Å². The van der Waals surface area contributed by atoms with Crippen LogP contribution in [0.2, 0.25) is 0 Å². The predicted octanol–water partition coefficient (Wildman–Crippen LogP) is 1.26. The lowest BCUT2D eigenvalue weighted by atomic mass is 10.2. The minimum Gasteiger partial charge on any atom is -0.465 e. The van der Waals surface area contributed by atoms with Crippen molar-refractivity contribution in [1.82, 2.24) is 4.98 Å². The van der Waals surface area contributed by atoms with Crippen molar-refractivity contribution in [2.75, 3.05) is 7.11 Å². The van der Waals surface area contributed by atoms with Crippen LogP contribution in [0, 0.1) is 5.41 Å². The minimum absolute atomic E-state index is 0.325. The topological polar surface area (TPSA) is 63.0 Å². The van der Waals surface area contributed by atoms with E-state index in [0.29, 0.717) is 17.0 Å². The van der Waals surface area contributed by atoms with Gasteiger partial charge in [-0.25, -0.2) is 4.79 Å². The number of hydrogen-bond donors (Lipinski definition) is 1. The Morgan fingerprint density at radius 3 is 2.85 bits per heavy atom. The average molecular weight is 178 g/mol. The molecule has 13 heavy (non-hydrogen) atoms. The number of rotatable bonds is 2. The molecule has 0 spiro atoms. The summed E-state index contributed by atoms with van der Waals surface area (Å²) in [5.74, 6) is -0.412. The SMILES string of the molecule is COC(=O)c1ccnc(C(C)=N)c1. The molecule has 1 heterocycles. The zero-order valence-corrected chi connectivity index (χ0v) is 7.50. The second kappa shape index (κ2) is 3.80. The number of ether oxygens (including phenoxy) is 1. The van der Waals surface area contributed by atoms with Crippen molar-refractivity contribution in [1.29, 1.82) is 5.41 Å². The van der Waals surface area contributed by atoms with Gasteiger partial charge >= 0.3 is 5.97 Å². The molecule has 0 aliphatic carbocycles. The Labute approximate surface area is 76.1 Å². The van der Waals surface area contributed by atoms with Gasteiger partial charge in [-0.3, -0.25) is 4.98 Å². The monoisotopic (exact) mass is 178 g/mol. The van der Waals surface area contributed by atoms with Crippen LogP contribution in [0.3, 0.4) is 0 Å². The van der Waals surface area contributed by atoms with Crippen LogP contribution >= 0.6 is 0 Å². The third-order valence-corrected chi connectivity index (χ3v) is 1.57. The van der Waals surface area contributed by atoms with Crippen LogP contribution in [-0.4, -0.2) is 23.8 Å². The summed E-state index contributed by atoms with van der Waals surface area (Å²) in [7, 11) is 1.32. The molecule has 4 heteroatoms. The molecule has 0 aromatic carbocycles. The number of nitrogens with zero attached hydrogens (tertiary/aromatic N) is 1. The molecule has 0 saturated carbocycles. The van der Waals surface area contributed by atoms with Gasteiger partial charge in [0, 0.05) is 6.20 Å². The predicted molar refractivity (Wildman–Crippen MR) is 48.1 cm³/mol. The maximum atomic E-state index is 11.1. The highest BCUT2D eigenvalue weighted by molar-refractivity contribution is 5.97. The number of nitrogens with one attached hydrogen (secondary N) is 1. The summed E-state index contributed by atoms with van der Waals surface area (Å²) in [5, 5.41) is 7.32. The summed E-state index contributed by atoms with van der Waals surface area (Å²) in [6.45, 7) is 1.61. The molecule has 68 valence electrons. The molecule has 0 saturated heterocycles. The molecular formula is C9H10N2O2. The third-order valence-electron chi connectivity index (χ3n) is 1.57. The van der Waals surface area contributed by atoms with Crippen LogP contribution in [0.1, 0.15) is 23.0 Å². The highest BCUT2D eigenvalue weighted by atomic mass is 16.5. The molecular weight excluding hydrogens is 168 g/mol. The first-order chi connectivity index (χ1) is 6.15. The number of esters is 1. The zero-order chi connectivity index (χ0) is 9.84. The van der Waals surface area contributed by atoms with Gasteiger partial charge < -0.3 is 10.1 Å². The quantitative estimate of drug-likeness (QED) is 0.547. The summed E-state index contributed by atoms with van der Waals surface area (Å²) in [5.41, 5.74) is 1.23. The molecule has 0 aliphatic heterocycles. The van der Waals surface area contributed by atoms with Crippen molar-refractivity contribution in [2.45, 2.75) is 6.92 Å². The van der Waals surface area contributed by atoms with Gasteiger partial charge in [0.1, 0.15) is 0 Å². The van der Waals surface area contributed by atoms with Crippen LogP contribution in [0.5, 0.6) is 0 Å². The Bertz CT molecular complexity index is 347. The molecule has 0 atom stereocenters. The van der Waals surface area contributed by atoms with Gasteiger partial charge in [0.05, 0.1) is 24.1 Å². The smallest absolute Gasteiger partial charge is 0.337 e. The van der Waals surface area contributed by atoms with E-state index >= 15 is 0 Å². The van der Waals surface area contributed by atoms with E-state index in [1.165, 1.54) is 19.4 Å². The summed E-state index contributed by atoms with van der Waals surface area (Å²) in [6, 6.07) is 3.09. The van der Waals surface area contributed by atoms with Gasteiger partial charge in [0.25, 0.3) is 0 Å². The summed E-state index contributed by atoms with van der Waals surface area (Å²) in [4.78, 5) is 15.0. The first kappa shape index (κ1) is 9.38. The number of aromatic nitrogens is 1. The second-order valence-electron chi connectivity index (χ2n) is 2.55. The van der Waals surface area contributed by atoms with Crippen LogP contribution < -0.4 is 0 Å². The minimum atomic E-state index is -0.412. The van der Waals surface area contributed by atoms with Gasteiger partial charge in [-0.05, 0) is 19.1 Å². The summed E-state index contributed by atoms with van der Waals surface area (Å²) in [6.07, 6.45) is 1.49. The van der Waals surface area contributed by atoms with Gasteiger partial charge in [-0.2, -0.15) is 0 Å². The third kappa shape index (κ3) is 2.11. The molecule has 0 unspecified atom stereocenters. The van der Waals surface area contributed by atoms with Crippen LogP contribution in [0.4, 0.5) is 0 Å². The first-order valence-electron chi connectivity index (χ1n) is 3.75. The Kier molecular flexibility index (Phi) is 2.74. The van der Waals surface area contributed by atoms with Crippen molar-refractivity contribution < 1.29 is 9.53 Å². The summed E-state index contributed by atoms with van der Waals surface area (Å²) >= 11 is 0. The number of carbonyl (C=O) groups is 1. The fourth-order valence-corrected chi connectivity index (χ4v) is 0.880. The molecule has 0 bridgehead atoms. The lowest BCUT2D eigenvalue weighted by Crippen LogP contribution is -2.04. The Morgan fingerprint density at radius 2 is 2.31 bits per heavy atom. The van der Waals surface area contributed by atoms with Crippen molar-refractivity contribution >= 4 is 11.7 Å². The van der Waals surface area contributed by atoms with Gasteiger partial charge in [-0.1, -0.05) is 0 Å². The Hall–Kier alpha value is -1.71. The molecule has 0 aliphatic rings. The van der Waals surface area contributed by atoms with Crippen molar-refractivity contribution in [3.05, 3.63) is 29.6 Å². The molecule has 1 rings (SSSR count). The van der Waals surface area contributed by atoms with Crippen molar-refractivity contribution in [2.24, 2.45) is 0 Å². The van der Waals surface area contributed by atoms with E-state index in [9.17, 15) is 4.79 Å². The molecule has 1 aromatic heterocycles. The molecule has 1 aromatic rings. The van der Waals surface area contributed by atoms with Gasteiger partial charge in [-0.15, -0.1) is 0 Å². The summed E-state index contributed by atoms with van der Waals surface area (Å²) < 4.78 is 4.53. The van der Waals surface area contributed by atoms with Crippen LogP contribution in [0.15, 0.2) is 18.3 Å². The molecule has 1 N–H and O–H groups in total. The normalized spacial score (nSPS) is 9.38. The fraction of sp³-hybridized carbons (Fsp3) is 0.222. The lowest BCUT2D eigenvalue weighted by molar-refractivity contribution is 0.0600. The van der Waals surface area contributed by atoms with Gasteiger partial charge in [0.15, 0.2) is 0 Å². The Morgan fingerprint density at radius 1 is 1.62 bits per heavy atom. The van der Waals surface area contributed by atoms with E-state index in [4.69, 9.17) is 5.41 Å². The second-order valence-corrected chi connectivity index (χ2v) is 2.55. The number of hydrogen-bond acceptors (Lipinski definition) is 4. The van der Waals surface area contributed by atoms with E-state index in [2.05, 4.69) is 9.72 Å². The maximum Gasteiger partial charge on any atom is 0.337 e. The number of methoxy groups -OCH3 is 1. The van der Waals surface area contributed by atoms with E-state index in [-0.39, 0.29) is 0 Å². The number of carbonyl (C=O) groups excluding carboxylic acids is 1. The van der Waals surface area contributed by atoms with E-state index in [0.717, 1.165) is 0 Å². The standard InChI is InChI=1S/C9H10N2O2/c1-6(10)8-5-7(3-4-11-8)9(12)13-2/h3-5,10H,1-2H3. The van der Waals surface area contributed by atoms with E-state index < -0.39 is 5.97 Å². The number of pyridine rings is 1. The van der Waals surface area contributed by atoms with Crippen LogP contribution in [-0.2, 0) is 4.74 Å².